The molecule has 7 heteroatoms. The van der Waals surface area contributed by atoms with E-state index in [9.17, 15) is 18.4 Å². The van der Waals surface area contributed by atoms with Crippen LogP contribution >= 0.6 is 11.6 Å². The van der Waals surface area contributed by atoms with Gasteiger partial charge in [-0.3, -0.25) is 9.59 Å². The van der Waals surface area contributed by atoms with Crippen molar-refractivity contribution in [3.05, 3.63) is 94.5 Å². The van der Waals surface area contributed by atoms with Gasteiger partial charge in [0.05, 0.1) is 16.6 Å². The van der Waals surface area contributed by atoms with Crippen LogP contribution in [0.15, 0.2) is 66.7 Å². The van der Waals surface area contributed by atoms with Crippen molar-refractivity contribution in [2.24, 2.45) is 5.92 Å². The summed E-state index contributed by atoms with van der Waals surface area (Å²) in [4.78, 5) is 28.0. The molecule has 5 rings (SSSR count). The molecule has 2 aliphatic heterocycles. The average molecular weight is 521 g/mol. The maximum absolute atomic E-state index is 14.6. The summed E-state index contributed by atoms with van der Waals surface area (Å²) in [5.74, 6) is -2.11. The molecule has 2 unspecified atom stereocenters. The van der Waals surface area contributed by atoms with E-state index in [1.807, 2.05) is 49.4 Å². The van der Waals surface area contributed by atoms with Gasteiger partial charge in [0.15, 0.2) is 5.82 Å². The number of nitrogens with zero attached hydrogens (tertiary/aromatic N) is 1. The molecule has 37 heavy (non-hydrogen) atoms. The maximum atomic E-state index is 14.6. The normalized spacial score (nSPS) is 20.3. The smallest absolute Gasteiger partial charge is 0.247 e. The molecule has 0 fully saturated rings. The number of halogens is 3. The lowest BCUT2D eigenvalue weighted by molar-refractivity contribution is -0.129. The Labute approximate surface area is 219 Å². The molecule has 0 saturated heterocycles. The molecule has 0 aromatic heterocycles. The largest absolute Gasteiger partial charge is 0.332 e. The Morgan fingerprint density at radius 2 is 1.81 bits per heavy atom. The van der Waals surface area contributed by atoms with Crippen LogP contribution in [-0.2, 0) is 9.59 Å². The lowest BCUT2D eigenvalue weighted by Gasteiger charge is -2.35. The van der Waals surface area contributed by atoms with Crippen LogP contribution in [0.5, 0.6) is 0 Å². The molecule has 0 saturated carbocycles. The molecule has 2 amide bonds. The topological polar surface area (TPSA) is 49.4 Å². The van der Waals surface area contributed by atoms with E-state index < -0.39 is 11.6 Å². The van der Waals surface area contributed by atoms with E-state index in [0.717, 1.165) is 34.9 Å². The second-order valence-corrected chi connectivity index (χ2v) is 10.1. The molecule has 4 nitrogen and oxygen atoms in total. The molecule has 1 N–H and O–H groups in total. The molecule has 2 heterocycles. The average Bonchev–Trinajstić information content (AvgIpc) is 2.89. The van der Waals surface area contributed by atoms with E-state index >= 15 is 0 Å². The van der Waals surface area contributed by atoms with Gasteiger partial charge in [-0.05, 0) is 60.2 Å². The number of hydrogen-bond donors (Lipinski definition) is 1. The zero-order valence-electron chi connectivity index (χ0n) is 20.4. The standard InChI is InChI=1S/C30H27ClF2N2O2/c1-18-6-4-11-26(20-8-5-7-19(16-20)22-9-2-3-10-25(22)34-30(18)37)35-15-14-21(17-27(35)36)28-24(32)13-12-23(31)29(28)33/h2-3,5,7-10,12-13,16-18,26H,4,6,11,14-15H2,1H3,(H,34,37). The molecule has 0 radical (unpaired) electrons. The van der Waals surface area contributed by atoms with Crippen LogP contribution in [0.4, 0.5) is 14.5 Å². The predicted molar refractivity (Wildman–Crippen MR) is 142 cm³/mol. The van der Waals surface area contributed by atoms with Crippen LogP contribution in [0, 0.1) is 17.6 Å². The monoisotopic (exact) mass is 520 g/mol. The van der Waals surface area contributed by atoms with Crippen molar-refractivity contribution in [3.63, 3.8) is 0 Å². The third kappa shape index (κ3) is 5.03. The Balaban J connectivity index is 1.52. The summed E-state index contributed by atoms with van der Waals surface area (Å²) in [5.41, 5.74) is 3.65. The zero-order chi connectivity index (χ0) is 26.1. The SMILES string of the molecule is CC1CCCC(N2CCC(c3c(F)ccc(Cl)c3F)=CC2=O)c2cccc(c2)-c2ccccc2NC1=O. The summed E-state index contributed by atoms with van der Waals surface area (Å²) in [6.07, 6.45) is 3.71. The van der Waals surface area contributed by atoms with Crippen molar-refractivity contribution in [1.82, 2.24) is 4.90 Å². The number of hydrogen-bond acceptors (Lipinski definition) is 2. The van der Waals surface area contributed by atoms with Crippen LogP contribution < -0.4 is 5.32 Å². The molecular weight excluding hydrogens is 494 g/mol. The Hall–Kier alpha value is -3.51. The first-order chi connectivity index (χ1) is 17.8. The van der Waals surface area contributed by atoms with Gasteiger partial charge in [-0.25, -0.2) is 8.78 Å². The van der Waals surface area contributed by atoms with Gasteiger partial charge in [0, 0.05) is 29.8 Å². The van der Waals surface area contributed by atoms with Gasteiger partial charge in [-0.1, -0.05) is 61.3 Å². The van der Waals surface area contributed by atoms with E-state index in [2.05, 4.69) is 11.4 Å². The van der Waals surface area contributed by atoms with Gasteiger partial charge in [0.2, 0.25) is 11.8 Å². The van der Waals surface area contributed by atoms with Crippen molar-refractivity contribution < 1.29 is 18.4 Å². The molecule has 3 aromatic rings. The summed E-state index contributed by atoms with van der Waals surface area (Å²) < 4.78 is 29.1. The highest BCUT2D eigenvalue weighted by molar-refractivity contribution is 6.31. The fourth-order valence-electron chi connectivity index (χ4n) is 5.25. The first kappa shape index (κ1) is 25.2. The quantitative estimate of drug-likeness (QED) is 0.358. The van der Waals surface area contributed by atoms with Crippen molar-refractivity contribution in [2.75, 3.05) is 11.9 Å². The number of carbonyl (C=O) groups is 2. The molecule has 2 aliphatic rings. The summed E-state index contributed by atoms with van der Waals surface area (Å²) in [7, 11) is 0. The van der Waals surface area contributed by atoms with Gasteiger partial charge >= 0.3 is 0 Å². The predicted octanol–water partition coefficient (Wildman–Crippen LogP) is 7.40. The van der Waals surface area contributed by atoms with Crippen molar-refractivity contribution in [1.29, 1.82) is 0 Å². The zero-order valence-corrected chi connectivity index (χ0v) is 21.2. The molecular formula is C30H27ClF2N2O2. The number of para-hydroxylation sites is 1. The summed E-state index contributed by atoms with van der Waals surface area (Å²) in [6.45, 7) is 2.23. The van der Waals surface area contributed by atoms with Crippen LogP contribution in [0.1, 0.15) is 49.8 Å². The van der Waals surface area contributed by atoms with E-state index in [1.165, 1.54) is 12.1 Å². The first-order valence-electron chi connectivity index (χ1n) is 12.5. The number of amides is 2. The third-order valence-electron chi connectivity index (χ3n) is 7.27. The summed E-state index contributed by atoms with van der Waals surface area (Å²) in [5, 5.41) is 2.89. The molecule has 0 spiro atoms. The molecule has 2 atom stereocenters. The summed E-state index contributed by atoms with van der Waals surface area (Å²) >= 11 is 5.88. The van der Waals surface area contributed by atoms with Crippen molar-refractivity contribution >= 4 is 34.7 Å². The lowest BCUT2D eigenvalue weighted by atomic mass is 9.90. The second kappa shape index (κ2) is 10.5. The van der Waals surface area contributed by atoms with Crippen molar-refractivity contribution in [2.45, 2.75) is 38.6 Å². The van der Waals surface area contributed by atoms with Crippen LogP contribution in [-0.4, -0.2) is 23.3 Å². The minimum Gasteiger partial charge on any atom is -0.332 e. The number of rotatable bonds is 2. The first-order valence-corrected chi connectivity index (χ1v) is 12.9. The number of carbonyl (C=O) groups excluding carboxylic acids is 2. The fraction of sp³-hybridized carbons (Fsp3) is 0.267. The van der Waals surface area contributed by atoms with Crippen molar-refractivity contribution in [3.8, 4) is 11.1 Å². The van der Waals surface area contributed by atoms with E-state index in [-0.39, 0.29) is 34.4 Å². The molecule has 190 valence electrons. The van der Waals surface area contributed by atoms with Gasteiger partial charge in [0.25, 0.3) is 0 Å². The lowest BCUT2D eigenvalue weighted by Crippen LogP contribution is -2.37. The van der Waals surface area contributed by atoms with Gasteiger partial charge in [0.1, 0.15) is 5.82 Å². The van der Waals surface area contributed by atoms with Gasteiger partial charge < -0.3 is 10.2 Å². The highest BCUT2D eigenvalue weighted by atomic mass is 35.5. The Morgan fingerprint density at radius 3 is 2.62 bits per heavy atom. The van der Waals surface area contributed by atoms with E-state index in [4.69, 9.17) is 11.6 Å². The number of anilines is 1. The summed E-state index contributed by atoms with van der Waals surface area (Å²) in [6, 6.07) is 17.7. The minimum absolute atomic E-state index is 0.0343. The molecule has 3 aromatic carbocycles. The molecule has 0 aliphatic carbocycles. The maximum Gasteiger partial charge on any atom is 0.247 e. The van der Waals surface area contributed by atoms with Gasteiger partial charge in [-0.2, -0.15) is 0 Å². The Bertz CT molecular complexity index is 1400. The minimum atomic E-state index is -0.848. The number of fused-ring (bicyclic) bond motifs is 4. The fourth-order valence-corrected chi connectivity index (χ4v) is 5.40. The van der Waals surface area contributed by atoms with E-state index in [0.29, 0.717) is 31.4 Å². The Kier molecular flexibility index (Phi) is 7.11. The third-order valence-corrected chi connectivity index (χ3v) is 7.57. The number of benzene rings is 3. The Morgan fingerprint density at radius 1 is 1.00 bits per heavy atom. The van der Waals surface area contributed by atoms with Crippen LogP contribution in [0.3, 0.4) is 0 Å². The van der Waals surface area contributed by atoms with Crippen LogP contribution in [0.25, 0.3) is 16.7 Å². The van der Waals surface area contributed by atoms with Gasteiger partial charge in [-0.15, -0.1) is 0 Å². The highest BCUT2D eigenvalue weighted by Crippen LogP contribution is 2.38. The second-order valence-electron chi connectivity index (χ2n) is 9.68. The number of nitrogens with one attached hydrogen (secondary N) is 1. The molecule has 2 bridgehead atoms. The highest BCUT2D eigenvalue weighted by Gasteiger charge is 2.30. The van der Waals surface area contributed by atoms with Crippen LogP contribution in [0.2, 0.25) is 5.02 Å². The van der Waals surface area contributed by atoms with E-state index in [1.54, 1.807) is 4.90 Å².